The van der Waals surface area contributed by atoms with Crippen LogP contribution < -0.4 is 0 Å². The van der Waals surface area contributed by atoms with Gasteiger partial charge in [-0.3, -0.25) is 10.1 Å². The summed E-state index contributed by atoms with van der Waals surface area (Å²) < 4.78 is 4.59. The van der Waals surface area contributed by atoms with Crippen molar-refractivity contribution in [2.75, 3.05) is 13.7 Å². The van der Waals surface area contributed by atoms with Gasteiger partial charge in [-0.1, -0.05) is 12.1 Å². The lowest BCUT2D eigenvalue weighted by Crippen LogP contribution is -2.19. The van der Waals surface area contributed by atoms with Gasteiger partial charge in [0.15, 0.2) is 0 Å². The average Bonchev–Trinajstić information content (AvgIpc) is 2.37. The van der Waals surface area contributed by atoms with E-state index in [1.807, 2.05) is 12.1 Å². The van der Waals surface area contributed by atoms with Crippen molar-refractivity contribution in [1.82, 2.24) is 0 Å². The van der Waals surface area contributed by atoms with E-state index in [0.29, 0.717) is 24.8 Å². The lowest BCUT2D eigenvalue weighted by Gasteiger charge is -2.06. The van der Waals surface area contributed by atoms with Crippen molar-refractivity contribution in [1.29, 1.82) is 0 Å². The SMILES string of the molecule is COC(=O)c1ccc(CCCC(O)C[N+](=O)[O-])cc1. The quantitative estimate of drug-likeness (QED) is 0.458. The molecule has 0 saturated carbocycles. The number of aliphatic hydroxyl groups is 1. The van der Waals surface area contributed by atoms with Crippen molar-refractivity contribution < 1.29 is 19.6 Å². The fourth-order valence-electron chi connectivity index (χ4n) is 1.73. The zero-order valence-corrected chi connectivity index (χ0v) is 10.7. The van der Waals surface area contributed by atoms with Crippen LogP contribution in [0.25, 0.3) is 0 Å². The molecule has 19 heavy (non-hydrogen) atoms. The van der Waals surface area contributed by atoms with Gasteiger partial charge in [-0.05, 0) is 37.0 Å². The molecule has 6 nitrogen and oxygen atoms in total. The van der Waals surface area contributed by atoms with E-state index in [0.717, 1.165) is 5.56 Å². The Kier molecular flexibility index (Phi) is 5.95. The third kappa shape index (κ3) is 5.48. The predicted octanol–water partition coefficient (Wildman–Crippen LogP) is 1.43. The summed E-state index contributed by atoms with van der Waals surface area (Å²) in [4.78, 5) is 20.9. The first-order chi connectivity index (χ1) is 9.02. The summed E-state index contributed by atoms with van der Waals surface area (Å²) in [7, 11) is 1.33. The van der Waals surface area contributed by atoms with E-state index in [9.17, 15) is 20.0 Å². The Labute approximate surface area is 111 Å². The van der Waals surface area contributed by atoms with Crippen molar-refractivity contribution in [3.63, 3.8) is 0 Å². The molecule has 0 heterocycles. The van der Waals surface area contributed by atoms with Crippen LogP contribution in [0.2, 0.25) is 0 Å². The zero-order chi connectivity index (χ0) is 14.3. The Morgan fingerprint density at radius 1 is 1.42 bits per heavy atom. The maximum atomic E-state index is 11.2. The van der Waals surface area contributed by atoms with Crippen LogP contribution in [-0.4, -0.2) is 35.8 Å². The van der Waals surface area contributed by atoms with Crippen molar-refractivity contribution in [2.45, 2.75) is 25.4 Å². The van der Waals surface area contributed by atoms with E-state index >= 15 is 0 Å². The van der Waals surface area contributed by atoms with Gasteiger partial charge in [-0.25, -0.2) is 4.79 Å². The van der Waals surface area contributed by atoms with Crippen LogP contribution in [-0.2, 0) is 11.2 Å². The minimum absolute atomic E-state index is 0.382. The maximum absolute atomic E-state index is 11.2. The minimum Gasteiger partial charge on any atom is -0.465 e. The highest BCUT2D eigenvalue weighted by Gasteiger charge is 2.11. The number of nitrogens with zero attached hydrogens (tertiary/aromatic N) is 1. The highest BCUT2D eigenvalue weighted by atomic mass is 16.6. The second kappa shape index (κ2) is 7.48. The molecule has 0 saturated heterocycles. The number of hydrogen-bond acceptors (Lipinski definition) is 5. The third-order valence-corrected chi connectivity index (χ3v) is 2.74. The smallest absolute Gasteiger partial charge is 0.337 e. The number of aliphatic hydroxyl groups excluding tert-OH is 1. The van der Waals surface area contributed by atoms with Gasteiger partial charge in [0.1, 0.15) is 6.10 Å². The Morgan fingerprint density at radius 3 is 2.58 bits per heavy atom. The molecule has 0 aliphatic rings. The van der Waals surface area contributed by atoms with E-state index in [-0.39, 0.29) is 5.97 Å². The number of carbonyl (C=O) groups is 1. The molecule has 1 N–H and O–H groups in total. The molecule has 1 atom stereocenters. The number of nitro groups is 1. The largest absolute Gasteiger partial charge is 0.465 e. The number of ether oxygens (including phenoxy) is 1. The highest BCUT2D eigenvalue weighted by Crippen LogP contribution is 2.10. The summed E-state index contributed by atoms with van der Waals surface area (Å²) in [5, 5.41) is 19.5. The summed E-state index contributed by atoms with van der Waals surface area (Å²) in [5.74, 6) is -0.382. The van der Waals surface area contributed by atoms with Crippen molar-refractivity contribution >= 4 is 5.97 Å². The van der Waals surface area contributed by atoms with Gasteiger partial charge in [0.05, 0.1) is 12.7 Å². The lowest BCUT2D eigenvalue weighted by atomic mass is 10.0. The van der Waals surface area contributed by atoms with Gasteiger partial charge in [0, 0.05) is 4.92 Å². The predicted molar refractivity (Wildman–Crippen MR) is 68.6 cm³/mol. The summed E-state index contributed by atoms with van der Waals surface area (Å²) in [6.45, 7) is -0.415. The van der Waals surface area contributed by atoms with Crippen LogP contribution in [0.3, 0.4) is 0 Å². The van der Waals surface area contributed by atoms with Crippen LogP contribution in [0.4, 0.5) is 0 Å². The van der Waals surface area contributed by atoms with Gasteiger partial charge < -0.3 is 9.84 Å². The molecule has 0 aliphatic carbocycles. The molecule has 104 valence electrons. The van der Waals surface area contributed by atoms with E-state index in [1.54, 1.807) is 12.1 Å². The third-order valence-electron chi connectivity index (χ3n) is 2.74. The molecular formula is C13H17NO5. The van der Waals surface area contributed by atoms with Gasteiger partial charge in [-0.15, -0.1) is 0 Å². The second-order valence-electron chi connectivity index (χ2n) is 4.25. The Balaban J connectivity index is 2.38. The minimum atomic E-state index is -0.899. The van der Waals surface area contributed by atoms with E-state index < -0.39 is 17.6 Å². The maximum Gasteiger partial charge on any atom is 0.337 e. The van der Waals surface area contributed by atoms with Gasteiger partial charge in [-0.2, -0.15) is 0 Å². The molecule has 6 heteroatoms. The first-order valence-corrected chi connectivity index (χ1v) is 6.00. The molecule has 1 unspecified atom stereocenters. The molecule has 0 aliphatic heterocycles. The molecule has 0 fully saturated rings. The first-order valence-electron chi connectivity index (χ1n) is 6.00. The number of benzene rings is 1. The summed E-state index contributed by atoms with van der Waals surface area (Å²) >= 11 is 0. The van der Waals surface area contributed by atoms with Gasteiger partial charge in [0.25, 0.3) is 0 Å². The van der Waals surface area contributed by atoms with Crippen molar-refractivity contribution in [3.8, 4) is 0 Å². The van der Waals surface area contributed by atoms with E-state index in [1.165, 1.54) is 7.11 Å². The van der Waals surface area contributed by atoms with Crippen LogP contribution in [0.1, 0.15) is 28.8 Å². The van der Waals surface area contributed by atoms with Crippen molar-refractivity contribution in [2.24, 2.45) is 0 Å². The fraction of sp³-hybridized carbons (Fsp3) is 0.462. The van der Waals surface area contributed by atoms with E-state index in [2.05, 4.69) is 4.74 Å². The Bertz CT molecular complexity index is 429. The molecule has 0 aromatic heterocycles. The first kappa shape index (κ1) is 15.1. The molecule has 1 rings (SSSR count). The van der Waals surface area contributed by atoms with Crippen LogP contribution in [0, 0.1) is 10.1 Å². The Morgan fingerprint density at radius 2 is 2.05 bits per heavy atom. The average molecular weight is 267 g/mol. The number of carbonyl (C=O) groups excluding carboxylic acids is 1. The normalized spacial score (nSPS) is 11.9. The number of rotatable bonds is 7. The lowest BCUT2D eigenvalue weighted by molar-refractivity contribution is -0.490. The summed E-state index contributed by atoms with van der Waals surface area (Å²) in [6.07, 6.45) is 0.854. The summed E-state index contributed by atoms with van der Waals surface area (Å²) in [5.41, 5.74) is 1.50. The van der Waals surface area contributed by atoms with Crippen LogP contribution >= 0.6 is 0 Å². The molecule has 1 aromatic rings. The molecule has 0 amide bonds. The number of hydrogen-bond donors (Lipinski definition) is 1. The van der Waals surface area contributed by atoms with Crippen LogP contribution in [0.15, 0.2) is 24.3 Å². The molecule has 0 bridgehead atoms. The van der Waals surface area contributed by atoms with Gasteiger partial charge >= 0.3 is 5.97 Å². The molecule has 0 spiro atoms. The fourth-order valence-corrected chi connectivity index (χ4v) is 1.73. The Hall–Kier alpha value is -1.95. The monoisotopic (exact) mass is 267 g/mol. The number of esters is 1. The molecular weight excluding hydrogens is 250 g/mol. The number of aryl methyl sites for hydroxylation is 1. The standard InChI is InChI=1S/C13H17NO5/c1-19-13(16)11-7-5-10(6-8-11)3-2-4-12(15)9-14(17)18/h5-8,12,15H,2-4,9H2,1H3. The summed E-state index contributed by atoms with van der Waals surface area (Å²) in [6, 6.07) is 6.97. The highest BCUT2D eigenvalue weighted by molar-refractivity contribution is 5.89. The van der Waals surface area contributed by atoms with Gasteiger partial charge in [0.2, 0.25) is 6.54 Å². The second-order valence-corrected chi connectivity index (χ2v) is 4.25. The number of methoxy groups -OCH3 is 1. The topological polar surface area (TPSA) is 89.7 Å². The van der Waals surface area contributed by atoms with Crippen molar-refractivity contribution in [3.05, 3.63) is 45.5 Å². The molecule has 0 radical (unpaired) electrons. The van der Waals surface area contributed by atoms with E-state index in [4.69, 9.17) is 0 Å². The zero-order valence-electron chi connectivity index (χ0n) is 10.7. The molecule has 1 aromatic carbocycles. The van der Waals surface area contributed by atoms with Crippen LogP contribution in [0.5, 0.6) is 0 Å².